The van der Waals surface area contributed by atoms with Crippen LogP contribution in [-0.2, 0) is 0 Å². The van der Waals surface area contributed by atoms with Crippen molar-refractivity contribution in [3.05, 3.63) is 0 Å². The van der Waals surface area contributed by atoms with E-state index in [4.69, 9.17) is 0 Å². The van der Waals surface area contributed by atoms with Crippen molar-refractivity contribution in [1.29, 1.82) is 0 Å². The number of rotatable bonds is 5. The summed E-state index contributed by atoms with van der Waals surface area (Å²) >= 11 is 0. The first-order valence-electron chi connectivity index (χ1n) is 5.17. The van der Waals surface area contributed by atoms with E-state index in [1.807, 2.05) is 0 Å². The van der Waals surface area contributed by atoms with E-state index in [1.54, 1.807) is 0 Å². The molecule has 0 amide bonds. The fourth-order valence-electron chi connectivity index (χ4n) is 1.15. The van der Waals surface area contributed by atoms with Gasteiger partial charge >= 0.3 is 71.5 Å². The zero-order valence-electron chi connectivity index (χ0n) is 11.8. The molecule has 158 valence electrons. The molecule has 0 aromatic heterocycles. The molecule has 0 aliphatic rings. The standard InChI is InChI=1S/C8F17O.Na/c9-1(10,3(13,14)5(17,18)7(20,21)22)2(11,12)4(15,16)6(19,26)8(23,24)25;/q-1;+1. The van der Waals surface area contributed by atoms with Gasteiger partial charge in [0.2, 0.25) is 5.85 Å². The van der Waals surface area contributed by atoms with E-state index in [2.05, 4.69) is 0 Å². The molecule has 0 aliphatic heterocycles. The molecule has 0 saturated heterocycles. The van der Waals surface area contributed by atoms with Gasteiger partial charge in [-0.1, -0.05) is 0 Å². The van der Waals surface area contributed by atoms with E-state index < -0.39 is 47.8 Å². The Kier molecular flexibility index (Phi) is 7.44. The molecule has 0 saturated carbocycles. The Bertz CT molecular complexity index is 480. The SMILES string of the molecule is [Na+].[O-]C(F)(C(F)(F)F)C(F)(F)C(F)(F)C(F)(F)C(F)(F)C(F)(F)C(F)(F)F. The van der Waals surface area contributed by atoms with Gasteiger partial charge in [-0.2, -0.15) is 70.2 Å². The minimum Gasteiger partial charge on any atom is -0.813 e. The zero-order chi connectivity index (χ0) is 22.0. The Morgan fingerprint density at radius 3 is 0.778 bits per heavy atom. The first-order valence-corrected chi connectivity index (χ1v) is 5.17. The van der Waals surface area contributed by atoms with Crippen molar-refractivity contribution in [1.82, 2.24) is 0 Å². The van der Waals surface area contributed by atoms with E-state index in [9.17, 15) is 79.7 Å². The van der Waals surface area contributed by atoms with Crippen LogP contribution in [0, 0.1) is 0 Å². The summed E-state index contributed by atoms with van der Waals surface area (Å²) in [5.41, 5.74) is 0. The molecule has 0 N–H and O–H groups in total. The van der Waals surface area contributed by atoms with Crippen molar-refractivity contribution in [3.8, 4) is 0 Å². The molecule has 0 aromatic rings. The summed E-state index contributed by atoms with van der Waals surface area (Å²) in [6.07, 6.45) is -15.5. The number of halogens is 17. The fraction of sp³-hybridized carbons (Fsp3) is 1.00. The maximum Gasteiger partial charge on any atom is 1.00 e. The van der Waals surface area contributed by atoms with Crippen LogP contribution in [0.25, 0.3) is 0 Å². The van der Waals surface area contributed by atoms with Gasteiger partial charge in [-0.15, -0.1) is 0 Å². The van der Waals surface area contributed by atoms with Crippen LogP contribution >= 0.6 is 0 Å². The monoisotopic (exact) mass is 458 g/mol. The molecule has 0 radical (unpaired) electrons. The van der Waals surface area contributed by atoms with Gasteiger partial charge in [0.1, 0.15) is 0 Å². The number of hydrogen-bond acceptors (Lipinski definition) is 1. The average molecular weight is 458 g/mol. The molecule has 0 heterocycles. The topological polar surface area (TPSA) is 23.1 Å². The van der Waals surface area contributed by atoms with Gasteiger partial charge in [-0.05, 0) is 0 Å². The second-order valence-electron chi connectivity index (χ2n) is 4.46. The summed E-state index contributed by atoms with van der Waals surface area (Å²) in [4.78, 5) is 0. The Morgan fingerprint density at radius 2 is 0.556 bits per heavy atom. The summed E-state index contributed by atoms with van der Waals surface area (Å²) < 4.78 is 209. The molecular formula is C8F17NaO. The van der Waals surface area contributed by atoms with Crippen molar-refractivity contribution in [2.75, 3.05) is 0 Å². The van der Waals surface area contributed by atoms with Gasteiger partial charge in [-0.25, -0.2) is 4.39 Å². The van der Waals surface area contributed by atoms with Crippen LogP contribution < -0.4 is 34.7 Å². The maximum atomic E-state index is 12.8. The molecule has 0 rings (SSSR count). The van der Waals surface area contributed by atoms with E-state index in [1.165, 1.54) is 0 Å². The summed E-state index contributed by atoms with van der Waals surface area (Å²) in [6, 6.07) is 0. The van der Waals surface area contributed by atoms with Gasteiger partial charge < -0.3 is 5.11 Å². The van der Waals surface area contributed by atoms with Gasteiger partial charge in [0, 0.05) is 0 Å². The van der Waals surface area contributed by atoms with E-state index in [0.29, 0.717) is 0 Å². The molecule has 0 spiro atoms. The second kappa shape index (κ2) is 6.93. The smallest absolute Gasteiger partial charge is 0.813 e. The third kappa shape index (κ3) is 3.70. The van der Waals surface area contributed by atoms with Gasteiger partial charge in [0.25, 0.3) is 0 Å². The Hall–Kier alpha value is -0.230. The Labute approximate surface area is 157 Å². The van der Waals surface area contributed by atoms with E-state index >= 15 is 0 Å². The van der Waals surface area contributed by atoms with Crippen molar-refractivity contribution in [2.45, 2.75) is 47.8 Å². The van der Waals surface area contributed by atoms with Crippen molar-refractivity contribution >= 4 is 0 Å². The molecule has 1 unspecified atom stereocenters. The third-order valence-corrected chi connectivity index (χ3v) is 2.70. The predicted octanol–water partition coefficient (Wildman–Crippen LogP) is 1.32. The largest absolute Gasteiger partial charge is 1.00 e. The first kappa shape index (κ1) is 29.0. The molecule has 0 bridgehead atoms. The van der Waals surface area contributed by atoms with Crippen LogP contribution in [0.1, 0.15) is 0 Å². The van der Waals surface area contributed by atoms with Crippen molar-refractivity contribution in [3.63, 3.8) is 0 Å². The molecule has 19 heteroatoms. The van der Waals surface area contributed by atoms with Crippen molar-refractivity contribution in [2.24, 2.45) is 0 Å². The Balaban J connectivity index is 0. The predicted molar refractivity (Wildman–Crippen MR) is 40.7 cm³/mol. The zero-order valence-corrected chi connectivity index (χ0v) is 13.8. The minimum atomic E-state index is -8.68. The third-order valence-electron chi connectivity index (χ3n) is 2.70. The van der Waals surface area contributed by atoms with Gasteiger partial charge in [0.05, 0.1) is 0 Å². The van der Waals surface area contributed by atoms with Crippen LogP contribution in [0.4, 0.5) is 74.6 Å². The molecule has 0 fully saturated rings. The molecule has 0 aliphatic carbocycles. The molecular weight excluding hydrogens is 458 g/mol. The number of hydrogen-bond donors (Lipinski definition) is 0. The van der Waals surface area contributed by atoms with Crippen molar-refractivity contribution < 1.29 is 109 Å². The normalized spacial score (nSPS) is 18.0. The van der Waals surface area contributed by atoms with Gasteiger partial charge in [-0.3, -0.25) is 0 Å². The van der Waals surface area contributed by atoms with E-state index in [-0.39, 0.29) is 29.6 Å². The molecule has 1 nitrogen and oxygen atoms in total. The minimum absolute atomic E-state index is 0. The molecule has 0 aromatic carbocycles. The number of alkyl halides is 17. The first-order chi connectivity index (χ1) is 10.8. The van der Waals surface area contributed by atoms with E-state index in [0.717, 1.165) is 0 Å². The van der Waals surface area contributed by atoms with Crippen LogP contribution in [0.3, 0.4) is 0 Å². The maximum absolute atomic E-state index is 12.8. The summed E-state index contributed by atoms with van der Waals surface area (Å²) in [7, 11) is 0. The summed E-state index contributed by atoms with van der Waals surface area (Å²) in [5, 5.41) is 10.0. The quantitative estimate of drug-likeness (QED) is 0.451. The van der Waals surface area contributed by atoms with Crippen LogP contribution in [0.2, 0.25) is 0 Å². The molecule has 27 heavy (non-hydrogen) atoms. The van der Waals surface area contributed by atoms with Gasteiger partial charge in [0.15, 0.2) is 0 Å². The summed E-state index contributed by atoms with van der Waals surface area (Å²) in [6.45, 7) is 0. The average Bonchev–Trinajstić information content (AvgIpc) is 2.34. The Morgan fingerprint density at radius 1 is 0.333 bits per heavy atom. The van der Waals surface area contributed by atoms with Crippen LogP contribution in [0.5, 0.6) is 0 Å². The van der Waals surface area contributed by atoms with Crippen LogP contribution in [-0.4, -0.2) is 47.8 Å². The summed E-state index contributed by atoms with van der Waals surface area (Å²) in [5.74, 6) is -50.5. The molecule has 1 atom stereocenters. The second-order valence-corrected chi connectivity index (χ2v) is 4.46. The fourth-order valence-corrected chi connectivity index (χ4v) is 1.15. The van der Waals surface area contributed by atoms with Crippen LogP contribution in [0.15, 0.2) is 0 Å².